The Morgan fingerprint density at radius 1 is 1.13 bits per heavy atom. The van der Waals surface area contributed by atoms with Crippen LogP contribution in [0.2, 0.25) is 0 Å². The number of hydrogen-bond acceptors (Lipinski definition) is 2. The van der Waals surface area contributed by atoms with Gasteiger partial charge in [0, 0.05) is 22.1 Å². The zero-order chi connectivity index (χ0) is 10.5. The summed E-state index contributed by atoms with van der Waals surface area (Å²) in [7, 11) is 0. The van der Waals surface area contributed by atoms with Gasteiger partial charge in [-0.25, -0.2) is 0 Å². The lowest BCUT2D eigenvalue weighted by molar-refractivity contribution is 0.112. The van der Waals surface area contributed by atoms with Crippen LogP contribution in [0.4, 0.5) is 0 Å². The van der Waals surface area contributed by atoms with Crippen LogP contribution in [-0.2, 0) is 0 Å². The van der Waals surface area contributed by atoms with E-state index in [4.69, 9.17) is 0 Å². The molecule has 0 spiro atoms. The minimum absolute atomic E-state index is 0.639. The number of rotatable bonds is 1. The van der Waals surface area contributed by atoms with Crippen LogP contribution in [0.3, 0.4) is 0 Å². The molecule has 2 rings (SSSR count). The second kappa shape index (κ2) is 4.59. The zero-order valence-electron chi connectivity index (χ0n) is 7.94. The molecule has 2 heteroatoms. The summed E-state index contributed by atoms with van der Waals surface area (Å²) in [5, 5.41) is 3.96. The third kappa shape index (κ3) is 2.34. The minimum atomic E-state index is 0.639. The van der Waals surface area contributed by atoms with Gasteiger partial charge in [0.05, 0.1) is 0 Å². The summed E-state index contributed by atoms with van der Waals surface area (Å²) < 4.78 is 0. The standard InChI is InChI=1S/C13H8OS/c14-9-13-4-2-1-3-12(13)6-5-11-7-8-15-10-11/h1-4,7-10H. The van der Waals surface area contributed by atoms with Crippen LogP contribution in [0.15, 0.2) is 41.1 Å². The molecule has 1 heterocycles. The van der Waals surface area contributed by atoms with Gasteiger partial charge in [0.1, 0.15) is 0 Å². The highest BCUT2D eigenvalue weighted by atomic mass is 32.1. The Hall–Kier alpha value is -1.85. The van der Waals surface area contributed by atoms with Gasteiger partial charge in [0.2, 0.25) is 0 Å². The molecule has 0 fully saturated rings. The first-order valence-corrected chi connectivity index (χ1v) is 5.43. The van der Waals surface area contributed by atoms with E-state index >= 15 is 0 Å². The quantitative estimate of drug-likeness (QED) is 0.524. The second-order valence-corrected chi connectivity index (χ2v) is 3.75. The van der Waals surface area contributed by atoms with E-state index in [2.05, 4.69) is 11.8 Å². The third-order valence-electron chi connectivity index (χ3n) is 1.95. The number of aldehydes is 1. The van der Waals surface area contributed by atoms with E-state index < -0.39 is 0 Å². The van der Waals surface area contributed by atoms with Crippen molar-refractivity contribution in [2.24, 2.45) is 0 Å². The van der Waals surface area contributed by atoms with E-state index in [-0.39, 0.29) is 0 Å². The lowest BCUT2D eigenvalue weighted by Crippen LogP contribution is -1.85. The molecule has 0 aliphatic carbocycles. The van der Waals surface area contributed by atoms with Crippen molar-refractivity contribution in [2.75, 3.05) is 0 Å². The van der Waals surface area contributed by atoms with E-state index in [1.54, 1.807) is 17.4 Å². The molecular formula is C13H8OS. The van der Waals surface area contributed by atoms with E-state index in [0.29, 0.717) is 5.56 Å². The summed E-state index contributed by atoms with van der Waals surface area (Å²) in [5.74, 6) is 6.01. The number of benzene rings is 1. The summed E-state index contributed by atoms with van der Waals surface area (Å²) in [6, 6.07) is 9.29. The number of carbonyl (C=O) groups excluding carboxylic acids is 1. The Kier molecular flexibility index (Phi) is 2.96. The average molecular weight is 212 g/mol. The maximum absolute atomic E-state index is 10.7. The maximum Gasteiger partial charge on any atom is 0.151 e. The van der Waals surface area contributed by atoms with Crippen LogP contribution in [0.1, 0.15) is 21.5 Å². The summed E-state index contributed by atoms with van der Waals surface area (Å²) in [6.07, 6.45) is 0.831. The molecule has 2 aromatic rings. The lowest BCUT2D eigenvalue weighted by atomic mass is 10.1. The lowest BCUT2D eigenvalue weighted by Gasteiger charge is -1.93. The van der Waals surface area contributed by atoms with Crippen molar-refractivity contribution in [1.82, 2.24) is 0 Å². The van der Waals surface area contributed by atoms with Crippen molar-refractivity contribution in [3.05, 3.63) is 57.8 Å². The molecule has 0 bridgehead atoms. The Morgan fingerprint density at radius 3 is 2.73 bits per heavy atom. The highest BCUT2D eigenvalue weighted by Crippen LogP contribution is 2.06. The Labute approximate surface area is 92.4 Å². The van der Waals surface area contributed by atoms with E-state index in [1.165, 1.54) is 0 Å². The molecule has 1 aromatic heterocycles. The topological polar surface area (TPSA) is 17.1 Å². The van der Waals surface area contributed by atoms with Gasteiger partial charge >= 0.3 is 0 Å². The van der Waals surface area contributed by atoms with Crippen LogP contribution in [0, 0.1) is 11.8 Å². The predicted molar refractivity (Wildman–Crippen MR) is 62.1 cm³/mol. The normalized spacial score (nSPS) is 9.07. The second-order valence-electron chi connectivity index (χ2n) is 2.97. The fourth-order valence-electron chi connectivity index (χ4n) is 1.19. The first-order valence-electron chi connectivity index (χ1n) is 4.48. The van der Waals surface area contributed by atoms with Gasteiger partial charge in [-0.05, 0) is 17.5 Å². The number of thiophene rings is 1. The molecule has 0 saturated heterocycles. The first-order chi connectivity index (χ1) is 7.40. The summed E-state index contributed by atoms with van der Waals surface area (Å²) in [5.41, 5.74) is 2.40. The van der Waals surface area contributed by atoms with Crippen molar-refractivity contribution in [3.63, 3.8) is 0 Å². The first kappa shape index (κ1) is 9.70. The molecule has 0 aliphatic rings. The molecule has 15 heavy (non-hydrogen) atoms. The van der Waals surface area contributed by atoms with Crippen LogP contribution < -0.4 is 0 Å². The van der Waals surface area contributed by atoms with Gasteiger partial charge in [-0.3, -0.25) is 4.79 Å². The fourth-order valence-corrected chi connectivity index (χ4v) is 1.78. The van der Waals surface area contributed by atoms with Crippen molar-refractivity contribution >= 4 is 17.6 Å². The molecule has 0 saturated carbocycles. The molecule has 0 radical (unpaired) electrons. The van der Waals surface area contributed by atoms with E-state index in [1.807, 2.05) is 35.0 Å². The largest absolute Gasteiger partial charge is 0.298 e. The van der Waals surface area contributed by atoms with Crippen LogP contribution in [0.25, 0.3) is 0 Å². The van der Waals surface area contributed by atoms with Crippen LogP contribution in [0.5, 0.6) is 0 Å². The number of hydrogen-bond donors (Lipinski definition) is 0. The molecule has 72 valence electrons. The van der Waals surface area contributed by atoms with Crippen LogP contribution >= 0.6 is 11.3 Å². The predicted octanol–water partition coefficient (Wildman–Crippen LogP) is 2.96. The third-order valence-corrected chi connectivity index (χ3v) is 2.63. The molecular weight excluding hydrogens is 204 g/mol. The van der Waals surface area contributed by atoms with Crippen molar-refractivity contribution in [3.8, 4) is 11.8 Å². The summed E-state index contributed by atoms with van der Waals surface area (Å²) >= 11 is 1.61. The SMILES string of the molecule is O=Cc1ccccc1C#Cc1ccsc1. The Morgan fingerprint density at radius 2 is 2.00 bits per heavy atom. The highest BCUT2D eigenvalue weighted by Gasteiger charge is 1.95. The molecule has 1 nitrogen and oxygen atoms in total. The Bertz CT molecular complexity index is 515. The summed E-state index contributed by atoms with van der Waals surface area (Å²) in [6.45, 7) is 0. The van der Waals surface area contributed by atoms with Gasteiger partial charge in [0.25, 0.3) is 0 Å². The molecule has 0 amide bonds. The zero-order valence-corrected chi connectivity index (χ0v) is 8.75. The van der Waals surface area contributed by atoms with Crippen molar-refractivity contribution in [1.29, 1.82) is 0 Å². The van der Waals surface area contributed by atoms with Gasteiger partial charge in [-0.15, -0.1) is 0 Å². The van der Waals surface area contributed by atoms with Gasteiger partial charge in [0.15, 0.2) is 6.29 Å². The smallest absolute Gasteiger partial charge is 0.151 e. The van der Waals surface area contributed by atoms with Crippen molar-refractivity contribution in [2.45, 2.75) is 0 Å². The van der Waals surface area contributed by atoms with E-state index in [9.17, 15) is 4.79 Å². The molecule has 0 unspecified atom stereocenters. The monoisotopic (exact) mass is 212 g/mol. The van der Waals surface area contributed by atoms with Crippen molar-refractivity contribution < 1.29 is 4.79 Å². The summed E-state index contributed by atoms with van der Waals surface area (Å²) in [4.78, 5) is 10.7. The highest BCUT2D eigenvalue weighted by molar-refractivity contribution is 7.08. The average Bonchev–Trinajstić information content (AvgIpc) is 2.79. The Balaban J connectivity index is 2.35. The van der Waals surface area contributed by atoms with Gasteiger partial charge in [-0.2, -0.15) is 11.3 Å². The van der Waals surface area contributed by atoms with Crippen LogP contribution in [-0.4, -0.2) is 6.29 Å². The molecule has 0 aliphatic heterocycles. The fraction of sp³-hybridized carbons (Fsp3) is 0. The molecule has 1 aromatic carbocycles. The number of carbonyl (C=O) groups is 1. The maximum atomic E-state index is 10.7. The van der Waals surface area contributed by atoms with Gasteiger partial charge < -0.3 is 0 Å². The van der Waals surface area contributed by atoms with E-state index in [0.717, 1.165) is 17.4 Å². The molecule has 0 N–H and O–H groups in total. The molecule has 0 atom stereocenters. The minimum Gasteiger partial charge on any atom is -0.298 e. The van der Waals surface area contributed by atoms with Gasteiger partial charge in [-0.1, -0.05) is 30.0 Å².